The van der Waals surface area contributed by atoms with E-state index in [2.05, 4.69) is 23.5 Å². The van der Waals surface area contributed by atoms with Gasteiger partial charge in [-0.15, -0.1) is 0 Å². The van der Waals surface area contributed by atoms with Crippen LogP contribution >= 0.6 is 0 Å². The molecular formula is C14H17NO. The van der Waals surface area contributed by atoms with E-state index in [0.29, 0.717) is 6.54 Å². The molecule has 2 heteroatoms. The molecule has 0 heterocycles. The predicted molar refractivity (Wildman–Crippen MR) is 65.2 cm³/mol. The van der Waals surface area contributed by atoms with Crippen molar-refractivity contribution in [3.8, 4) is 0 Å². The summed E-state index contributed by atoms with van der Waals surface area (Å²) in [5.74, 6) is 0.376. The molecule has 0 saturated carbocycles. The van der Waals surface area contributed by atoms with Gasteiger partial charge in [0.2, 0.25) is 5.91 Å². The van der Waals surface area contributed by atoms with Crippen molar-refractivity contribution in [3.63, 3.8) is 0 Å². The van der Waals surface area contributed by atoms with Gasteiger partial charge < -0.3 is 5.32 Å². The molecule has 0 aliphatic heterocycles. The van der Waals surface area contributed by atoms with Crippen molar-refractivity contribution < 1.29 is 4.79 Å². The first-order valence-corrected chi connectivity index (χ1v) is 5.86. The fourth-order valence-corrected chi connectivity index (χ4v) is 2.25. The number of nitrogens with one attached hydrogen (secondary N) is 1. The lowest BCUT2D eigenvalue weighted by Crippen LogP contribution is -2.26. The van der Waals surface area contributed by atoms with E-state index in [-0.39, 0.29) is 11.8 Å². The summed E-state index contributed by atoms with van der Waals surface area (Å²) in [6.45, 7) is 2.64. The third kappa shape index (κ3) is 2.16. The van der Waals surface area contributed by atoms with Crippen molar-refractivity contribution in [2.24, 2.45) is 0 Å². The van der Waals surface area contributed by atoms with Crippen LogP contribution in [-0.2, 0) is 4.79 Å². The normalized spacial score (nSPS) is 19.3. The van der Waals surface area contributed by atoms with Crippen LogP contribution < -0.4 is 5.32 Å². The van der Waals surface area contributed by atoms with Crippen LogP contribution in [0.2, 0.25) is 0 Å². The van der Waals surface area contributed by atoms with E-state index in [0.717, 1.165) is 18.4 Å². The van der Waals surface area contributed by atoms with Crippen molar-refractivity contribution in [2.75, 3.05) is 6.54 Å². The van der Waals surface area contributed by atoms with Crippen LogP contribution in [0.4, 0.5) is 0 Å². The minimum absolute atomic E-state index is 0.0915. The Hall–Kier alpha value is -1.57. The first-order chi connectivity index (χ1) is 7.83. The van der Waals surface area contributed by atoms with E-state index in [1.807, 2.05) is 25.1 Å². The number of benzene rings is 1. The Balaban J connectivity index is 2.18. The molecule has 1 atom stereocenters. The monoisotopic (exact) mass is 215 g/mol. The Labute approximate surface area is 96.4 Å². The van der Waals surface area contributed by atoms with Crippen LogP contribution in [0.25, 0.3) is 0 Å². The van der Waals surface area contributed by atoms with Gasteiger partial charge in [-0.3, -0.25) is 4.79 Å². The van der Waals surface area contributed by atoms with Crippen molar-refractivity contribution in [1.29, 1.82) is 0 Å². The zero-order valence-corrected chi connectivity index (χ0v) is 9.57. The summed E-state index contributed by atoms with van der Waals surface area (Å²) in [7, 11) is 0. The second kappa shape index (κ2) is 4.97. The van der Waals surface area contributed by atoms with E-state index in [1.54, 1.807) is 0 Å². The van der Waals surface area contributed by atoms with Gasteiger partial charge in [0.05, 0.1) is 0 Å². The Kier molecular flexibility index (Phi) is 3.40. The number of carbonyl (C=O) groups is 1. The number of carbonyl (C=O) groups excluding carboxylic acids is 1. The van der Waals surface area contributed by atoms with E-state index in [4.69, 9.17) is 0 Å². The molecule has 0 radical (unpaired) electrons. The van der Waals surface area contributed by atoms with E-state index in [9.17, 15) is 4.79 Å². The van der Waals surface area contributed by atoms with Gasteiger partial charge in [-0.2, -0.15) is 0 Å². The maximum absolute atomic E-state index is 11.8. The summed E-state index contributed by atoms with van der Waals surface area (Å²) >= 11 is 0. The third-order valence-corrected chi connectivity index (χ3v) is 3.00. The third-order valence-electron chi connectivity index (χ3n) is 3.00. The SMILES string of the molecule is CCNC(=O)C1=CCCC1c1ccccc1. The smallest absolute Gasteiger partial charge is 0.247 e. The molecular weight excluding hydrogens is 198 g/mol. The highest BCUT2D eigenvalue weighted by Crippen LogP contribution is 2.34. The van der Waals surface area contributed by atoms with Gasteiger partial charge in [0.15, 0.2) is 0 Å². The van der Waals surface area contributed by atoms with Crippen LogP contribution in [0, 0.1) is 0 Å². The highest BCUT2D eigenvalue weighted by molar-refractivity contribution is 5.95. The summed E-state index contributed by atoms with van der Waals surface area (Å²) in [5.41, 5.74) is 2.19. The Morgan fingerprint density at radius 3 is 2.81 bits per heavy atom. The summed E-state index contributed by atoms with van der Waals surface area (Å²) in [6.07, 6.45) is 4.13. The molecule has 1 aliphatic rings. The van der Waals surface area contributed by atoms with Gasteiger partial charge in [0.25, 0.3) is 0 Å². The molecule has 1 unspecified atom stereocenters. The molecule has 0 saturated heterocycles. The summed E-state index contributed by atoms with van der Waals surface area (Å²) < 4.78 is 0. The molecule has 1 N–H and O–H groups in total. The topological polar surface area (TPSA) is 29.1 Å². The minimum atomic E-state index is 0.0915. The fourth-order valence-electron chi connectivity index (χ4n) is 2.25. The number of hydrogen-bond donors (Lipinski definition) is 1. The lowest BCUT2D eigenvalue weighted by Gasteiger charge is -2.14. The van der Waals surface area contributed by atoms with Gasteiger partial charge in [0.1, 0.15) is 0 Å². The van der Waals surface area contributed by atoms with E-state index >= 15 is 0 Å². The van der Waals surface area contributed by atoms with Crippen molar-refractivity contribution >= 4 is 5.91 Å². The molecule has 1 aliphatic carbocycles. The number of rotatable bonds is 3. The average molecular weight is 215 g/mol. The minimum Gasteiger partial charge on any atom is -0.353 e. The Bertz CT molecular complexity index is 394. The maximum atomic E-state index is 11.8. The first kappa shape index (κ1) is 10.9. The summed E-state index contributed by atoms with van der Waals surface area (Å²) in [5, 5.41) is 2.88. The van der Waals surface area contributed by atoms with Crippen LogP contribution in [-0.4, -0.2) is 12.5 Å². The summed E-state index contributed by atoms with van der Waals surface area (Å²) in [6, 6.07) is 10.3. The molecule has 0 aromatic heterocycles. The lowest BCUT2D eigenvalue weighted by atomic mass is 9.92. The van der Waals surface area contributed by atoms with Gasteiger partial charge in [-0.1, -0.05) is 36.4 Å². The quantitative estimate of drug-likeness (QED) is 0.825. The highest BCUT2D eigenvalue weighted by atomic mass is 16.1. The van der Waals surface area contributed by atoms with Crippen LogP contribution in [0.5, 0.6) is 0 Å². The summed E-state index contributed by atoms with van der Waals surface area (Å²) in [4.78, 5) is 11.8. The number of allylic oxidation sites excluding steroid dienone is 1. The maximum Gasteiger partial charge on any atom is 0.247 e. The molecule has 2 rings (SSSR count). The second-order valence-corrected chi connectivity index (χ2v) is 4.06. The number of likely N-dealkylation sites (N-methyl/N-ethyl adjacent to an activating group) is 1. The van der Waals surface area contributed by atoms with Gasteiger partial charge >= 0.3 is 0 Å². The molecule has 0 spiro atoms. The zero-order valence-electron chi connectivity index (χ0n) is 9.57. The molecule has 84 valence electrons. The predicted octanol–water partition coefficient (Wildman–Crippen LogP) is 2.63. The van der Waals surface area contributed by atoms with E-state index in [1.165, 1.54) is 5.56 Å². The molecule has 1 amide bonds. The van der Waals surface area contributed by atoms with Crippen molar-refractivity contribution in [3.05, 3.63) is 47.5 Å². The van der Waals surface area contributed by atoms with Gasteiger partial charge in [-0.05, 0) is 25.3 Å². The molecule has 16 heavy (non-hydrogen) atoms. The molecule has 1 aromatic carbocycles. The lowest BCUT2D eigenvalue weighted by molar-refractivity contribution is -0.117. The average Bonchev–Trinajstić information content (AvgIpc) is 2.79. The Morgan fingerprint density at radius 1 is 1.38 bits per heavy atom. The van der Waals surface area contributed by atoms with Crippen LogP contribution in [0.3, 0.4) is 0 Å². The standard InChI is InChI=1S/C14H17NO/c1-2-15-14(16)13-10-6-9-12(13)11-7-4-3-5-8-11/h3-5,7-8,10,12H,2,6,9H2,1H3,(H,15,16). The van der Waals surface area contributed by atoms with Crippen molar-refractivity contribution in [2.45, 2.75) is 25.7 Å². The van der Waals surface area contributed by atoms with Gasteiger partial charge in [0, 0.05) is 18.0 Å². The first-order valence-electron chi connectivity index (χ1n) is 5.86. The molecule has 1 aromatic rings. The molecule has 0 bridgehead atoms. The van der Waals surface area contributed by atoms with E-state index < -0.39 is 0 Å². The van der Waals surface area contributed by atoms with Gasteiger partial charge in [-0.25, -0.2) is 0 Å². The zero-order chi connectivity index (χ0) is 11.4. The fraction of sp³-hybridized carbons (Fsp3) is 0.357. The second-order valence-electron chi connectivity index (χ2n) is 4.06. The molecule has 2 nitrogen and oxygen atoms in total. The Morgan fingerprint density at radius 2 is 2.12 bits per heavy atom. The number of hydrogen-bond acceptors (Lipinski definition) is 1. The van der Waals surface area contributed by atoms with Crippen LogP contribution in [0.1, 0.15) is 31.2 Å². The van der Waals surface area contributed by atoms with Crippen LogP contribution in [0.15, 0.2) is 42.0 Å². The largest absolute Gasteiger partial charge is 0.353 e. The number of amides is 1. The van der Waals surface area contributed by atoms with Crippen molar-refractivity contribution in [1.82, 2.24) is 5.32 Å². The molecule has 0 fully saturated rings. The highest BCUT2D eigenvalue weighted by Gasteiger charge is 2.25.